The van der Waals surface area contributed by atoms with Gasteiger partial charge in [0.05, 0.1) is 5.69 Å². The molecule has 0 radical (unpaired) electrons. The topological polar surface area (TPSA) is 71.5 Å². The van der Waals surface area contributed by atoms with Crippen LogP contribution in [0, 0.1) is 0 Å². The molecular formula is C15H25N3O2. The normalized spacial score (nSPS) is 19.3. The first-order chi connectivity index (χ1) is 9.67. The summed E-state index contributed by atoms with van der Waals surface area (Å²) in [5.74, 6) is 0.0494. The maximum Gasteiger partial charge on any atom is 0.270 e. The molecule has 1 amide bonds. The van der Waals surface area contributed by atoms with Crippen molar-refractivity contribution in [1.29, 1.82) is 0 Å². The first-order valence-corrected chi connectivity index (χ1v) is 7.54. The van der Waals surface area contributed by atoms with Gasteiger partial charge in [0.1, 0.15) is 5.69 Å². The number of aliphatic hydroxyl groups is 1. The zero-order valence-electron chi connectivity index (χ0n) is 12.2. The van der Waals surface area contributed by atoms with Crippen LogP contribution in [0.15, 0.2) is 12.3 Å². The molecule has 0 aliphatic carbocycles. The molecule has 112 valence electrons. The Kier molecular flexibility index (Phi) is 5.06. The van der Waals surface area contributed by atoms with Crippen molar-refractivity contribution in [2.24, 2.45) is 0 Å². The van der Waals surface area contributed by atoms with Crippen LogP contribution in [0.2, 0.25) is 0 Å². The van der Waals surface area contributed by atoms with Gasteiger partial charge in [-0.05, 0) is 38.2 Å². The van der Waals surface area contributed by atoms with Crippen molar-refractivity contribution in [3.05, 3.63) is 18.0 Å². The largest absolute Gasteiger partial charge is 0.397 e. The molecule has 1 aromatic rings. The SMILES string of the molecule is CCCn1cc(N)cc1C(=O)N1CCCCC1CCO. The standard InChI is InChI=1S/C15H25N3O2/c1-2-7-17-11-12(16)10-14(17)15(20)18-8-4-3-5-13(18)6-9-19/h10-11,13,19H,2-9,16H2,1H3. The van der Waals surface area contributed by atoms with E-state index in [4.69, 9.17) is 10.8 Å². The summed E-state index contributed by atoms with van der Waals surface area (Å²) in [5.41, 5.74) is 7.15. The molecule has 1 aliphatic heterocycles. The fourth-order valence-electron chi connectivity index (χ4n) is 3.00. The number of carbonyl (C=O) groups excluding carboxylic acids is 1. The quantitative estimate of drug-likeness (QED) is 0.864. The number of amides is 1. The van der Waals surface area contributed by atoms with Crippen molar-refractivity contribution >= 4 is 11.6 Å². The summed E-state index contributed by atoms with van der Waals surface area (Å²) in [5, 5.41) is 9.17. The van der Waals surface area contributed by atoms with E-state index < -0.39 is 0 Å². The summed E-state index contributed by atoms with van der Waals surface area (Å²) in [6.45, 7) is 3.80. The summed E-state index contributed by atoms with van der Waals surface area (Å²) in [6.07, 6.45) is 6.62. The fourth-order valence-corrected chi connectivity index (χ4v) is 3.00. The van der Waals surface area contributed by atoms with Crippen LogP contribution in [-0.2, 0) is 6.54 Å². The Bertz CT molecular complexity index is 454. The van der Waals surface area contributed by atoms with Gasteiger partial charge in [0, 0.05) is 31.9 Å². The number of rotatable bonds is 5. The van der Waals surface area contributed by atoms with Gasteiger partial charge in [-0.15, -0.1) is 0 Å². The molecule has 1 aliphatic rings. The van der Waals surface area contributed by atoms with Gasteiger partial charge in [-0.2, -0.15) is 0 Å². The number of carbonyl (C=O) groups is 1. The highest BCUT2D eigenvalue weighted by atomic mass is 16.3. The van der Waals surface area contributed by atoms with Crippen molar-refractivity contribution in [1.82, 2.24) is 9.47 Å². The molecule has 0 aromatic carbocycles. The van der Waals surface area contributed by atoms with Gasteiger partial charge in [0.2, 0.25) is 0 Å². The minimum atomic E-state index is 0.0494. The summed E-state index contributed by atoms with van der Waals surface area (Å²) in [4.78, 5) is 14.7. The van der Waals surface area contributed by atoms with Gasteiger partial charge in [-0.1, -0.05) is 6.92 Å². The second kappa shape index (κ2) is 6.79. The number of hydrogen-bond donors (Lipinski definition) is 2. The van der Waals surface area contributed by atoms with E-state index in [9.17, 15) is 4.79 Å². The number of piperidine rings is 1. The second-order valence-corrected chi connectivity index (χ2v) is 5.51. The molecule has 5 nitrogen and oxygen atoms in total. The van der Waals surface area contributed by atoms with E-state index in [0.717, 1.165) is 38.8 Å². The average molecular weight is 279 g/mol. The molecule has 0 bridgehead atoms. The fraction of sp³-hybridized carbons (Fsp3) is 0.667. The molecule has 1 atom stereocenters. The third-order valence-electron chi connectivity index (χ3n) is 3.95. The van der Waals surface area contributed by atoms with E-state index in [-0.39, 0.29) is 18.6 Å². The Morgan fingerprint density at radius 1 is 1.50 bits per heavy atom. The van der Waals surface area contributed by atoms with Crippen LogP contribution in [0.5, 0.6) is 0 Å². The number of nitrogens with two attached hydrogens (primary N) is 1. The van der Waals surface area contributed by atoms with E-state index >= 15 is 0 Å². The Labute approximate surface area is 120 Å². The maximum atomic E-state index is 12.8. The Balaban J connectivity index is 2.20. The predicted molar refractivity (Wildman–Crippen MR) is 79.5 cm³/mol. The van der Waals surface area contributed by atoms with Gasteiger partial charge < -0.3 is 20.3 Å². The number of anilines is 1. The molecule has 1 aromatic heterocycles. The predicted octanol–water partition coefficient (Wildman–Crippen LogP) is 1.86. The number of aromatic nitrogens is 1. The Morgan fingerprint density at radius 2 is 2.30 bits per heavy atom. The summed E-state index contributed by atoms with van der Waals surface area (Å²) in [7, 11) is 0. The van der Waals surface area contributed by atoms with Crippen LogP contribution in [0.1, 0.15) is 49.5 Å². The second-order valence-electron chi connectivity index (χ2n) is 5.51. The summed E-state index contributed by atoms with van der Waals surface area (Å²) < 4.78 is 1.95. The minimum absolute atomic E-state index is 0.0494. The van der Waals surface area contributed by atoms with E-state index in [0.29, 0.717) is 17.8 Å². The van der Waals surface area contributed by atoms with Crippen LogP contribution >= 0.6 is 0 Å². The van der Waals surface area contributed by atoms with Crippen molar-refractivity contribution in [3.8, 4) is 0 Å². The van der Waals surface area contributed by atoms with E-state index in [1.807, 2.05) is 15.7 Å². The van der Waals surface area contributed by atoms with Crippen LogP contribution in [0.3, 0.4) is 0 Å². The number of likely N-dealkylation sites (tertiary alicyclic amines) is 1. The van der Waals surface area contributed by atoms with Crippen molar-refractivity contribution < 1.29 is 9.90 Å². The highest BCUT2D eigenvalue weighted by Gasteiger charge is 2.28. The smallest absolute Gasteiger partial charge is 0.270 e. The first kappa shape index (κ1) is 14.9. The molecule has 0 spiro atoms. The lowest BCUT2D eigenvalue weighted by Crippen LogP contribution is -2.44. The van der Waals surface area contributed by atoms with Crippen LogP contribution < -0.4 is 5.73 Å². The zero-order chi connectivity index (χ0) is 14.5. The lowest BCUT2D eigenvalue weighted by molar-refractivity contribution is 0.0563. The Hall–Kier alpha value is -1.49. The molecule has 1 fully saturated rings. The van der Waals surface area contributed by atoms with Crippen molar-refractivity contribution in [2.75, 3.05) is 18.9 Å². The number of nitrogen functional groups attached to an aromatic ring is 1. The average Bonchev–Trinajstić information content (AvgIpc) is 2.80. The van der Waals surface area contributed by atoms with Gasteiger partial charge in [-0.3, -0.25) is 4.79 Å². The van der Waals surface area contributed by atoms with Gasteiger partial charge in [-0.25, -0.2) is 0 Å². The van der Waals surface area contributed by atoms with Crippen molar-refractivity contribution in [3.63, 3.8) is 0 Å². The van der Waals surface area contributed by atoms with Crippen LogP contribution in [-0.4, -0.2) is 39.7 Å². The number of hydrogen-bond acceptors (Lipinski definition) is 3. The summed E-state index contributed by atoms with van der Waals surface area (Å²) in [6, 6.07) is 1.93. The highest BCUT2D eigenvalue weighted by Crippen LogP contribution is 2.23. The molecule has 2 rings (SSSR count). The van der Waals surface area contributed by atoms with Crippen LogP contribution in [0.25, 0.3) is 0 Å². The summed E-state index contributed by atoms with van der Waals surface area (Å²) >= 11 is 0. The maximum absolute atomic E-state index is 12.8. The molecule has 2 heterocycles. The van der Waals surface area contributed by atoms with Crippen LogP contribution in [0.4, 0.5) is 5.69 Å². The molecule has 1 saturated heterocycles. The van der Waals surface area contributed by atoms with Crippen molar-refractivity contribution in [2.45, 2.75) is 51.6 Å². The Morgan fingerprint density at radius 3 is 3.00 bits per heavy atom. The number of aryl methyl sites for hydroxylation is 1. The third kappa shape index (κ3) is 3.15. The molecule has 1 unspecified atom stereocenters. The zero-order valence-corrected chi connectivity index (χ0v) is 12.2. The molecule has 3 N–H and O–H groups in total. The number of nitrogens with zero attached hydrogens (tertiary/aromatic N) is 2. The molecule has 0 saturated carbocycles. The lowest BCUT2D eigenvalue weighted by atomic mass is 9.99. The van der Waals surface area contributed by atoms with E-state index in [1.165, 1.54) is 0 Å². The third-order valence-corrected chi connectivity index (χ3v) is 3.95. The lowest BCUT2D eigenvalue weighted by Gasteiger charge is -2.35. The van der Waals surface area contributed by atoms with Gasteiger partial charge in [0.15, 0.2) is 0 Å². The van der Waals surface area contributed by atoms with Gasteiger partial charge >= 0.3 is 0 Å². The highest BCUT2D eigenvalue weighted by molar-refractivity contribution is 5.94. The monoisotopic (exact) mass is 279 g/mol. The van der Waals surface area contributed by atoms with E-state index in [1.54, 1.807) is 6.07 Å². The first-order valence-electron chi connectivity index (χ1n) is 7.54. The molecular weight excluding hydrogens is 254 g/mol. The number of aliphatic hydroxyl groups excluding tert-OH is 1. The van der Waals surface area contributed by atoms with Gasteiger partial charge in [0.25, 0.3) is 5.91 Å². The molecule has 5 heteroatoms. The minimum Gasteiger partial charge on any atom is -0.397 e. The molecule has 20 heavy (non-hydrogen) atoms. The van der Waals surface area contributed by atoms with E-state index in [2.05, 4.69) is 6.92 Å².